The largest absolute Gasteiger partial charge is 0.491 e. The van der Waals surface area contributed by atoms with Gasteiger partial charge in [0, 0.05) is 13.1 Å². The maximum Gasteiger partial charge on any atom is 0.122 e. The lowest BCUT2D eigenvalue weighted by atomic mass is 10.2. The summed E-state index contributed by atoms with van der Waals surface area (Å²) in [4.78, 5) is 0. The first kappa shape index (κ1) is 16.7. The van der Waals surface area contributed by atoms with E-state index in [0.29, 0.717) is 19.8 Å². The summed E-state index contributed by atoms with van der Waals surface area (Å²) in [6, 6.07) is 7.78. The van der Waals surface area contributed by atoms with Gasteiger partial charge in [0.25, 0.3) is 0 Å². The predicted molar refractivity (Wildman–Crippen MR) is 81.2 cm³/mol. The van der Waals surface area contributed by atoms with Crippen LogP contribution in [-0.4, -0.2) is 44.1 Å². The maximum absolute atomic E-state index is 9.80. The standard InChI is InChI=1S/C16H25NO3/c1-3-4-10-19-11-9-17-12-15(18)13-20-16-8-6-5-7-14(16)2/h3,5-8,15,17-18H,1,4,9-13H2,2H3. The van der Waals surface area contributed by atoms with Crippen LogP contribution in [0.4, 0.5) is 0 Å². The van der Waals surface area contributed by atoms with Crippen molar-refractivity contribution >= 4 is 0 Å². The van der Waals surface area contributed by atoms with Crippen molar-refractivity contribution in [2.75, 3.05) is 32.9 Å². The molecular weight excluding hydrogens is 254 g/mol. The molecule has 20 heavy (non-hydrogen) atoms. The lowest BCUT2D eigenvalue weighted by molar-refractivity contribution is 0.0990. The van der Waals surface area contributed by atoms with E-state index in [9.17, 15) is 5.11 Å². The van der Waals surface area contributed by atoms with Gasteiger partial charge in [-0.15, -0.1) is 6.58 Å². The number of para-hydroxylation sites is 1. The molecule has 1 unspecified atom stereocenters. The zero-order valence-corrected chi connectivity index (χ0v) is 12.2. The van der Waals surface area contributed by atoms with Crippen molar-refractivity contribution in [2.24, 2.45) is 0 Å². The molecule has 0 saturated heterocycles. The van der Waals surface area contributed by atoms with Crippen LogP contribution in [0, 0.1) is 6.92 Å². The number of aryl methyl sites for hydroxylation is 1. The number of nitrogens with one attached hydrogen (secondary N) is 1. The number of hydrogen-bond donors (Lipinski definition) is 2. The second-order valence-corrected chi connectivity index (χ2v) is 4.62. The highest BCUT2D eigenvalue weighted by atomic mass is 16.5. The van der Waals surface area contributed by atoms with Gasteiger partial charge in [-0.2, -0.15) is 0 Å². The van der Waals surface area contributed by atoms with E-state index in [1.807, 2.05) is 37.3 Å². The highest BCUT2D eigenvalue weighted by Gasteiger charge is 2.05. The summed E-state index contributed by atoms with van der Waals surface area (Å²) >= 11 is 0. The number of hydrogen-bond acceptors (Lipinski definition) is 4. The lowest BCUT2D eigenvalue weighted by Crippen LogP contribution is -2.33. The molecular formula is C16H25NO3. The molecule has 0 bridgehead atoms. The molecule has 0 aromatic heterocycles. The summed E-state index contributed by atoms with van der Waals surface area (Å²) in [5.74, 6) is 0.819. The van der Waals surface area contributed by atoms with Crippen molar-refractivity contribution in [2.45, 2.75) is 19.4 Å². The molecule has 1 atom stereocenters. The molecule has 2 N–H and O–H groups in total. The first-order valence-electron chi connectivity index (χ1n) is 7.00. The predicted octanol–water partition coefficient (Wildman–Crippen LogP) is 1.92. The summed E-state index contributed by atoms with van der Waals surface area (Å²) in [6.45, 7) is 8.45. The second-order valence-electron chi connectivity index (χ2n) is 4.62. The molecule has 0 radical (unpaired) electrons. The van der Waals surface area contributed by atoms with E-state index in [4.69, 9.17) is 9.47 Å². The zero-order valence-electron chi connectivity index (χ0n) is 12.2. The minimum absolute atomic E-state index is 0.287. The minimum atomic E-state index is -0.525. The molecule has 0 aliphatic heterocycles. The van der Waals surface area contributed by atoms with E-state index < -0.39 is 6.10 Å². The molecule has 0 aliphatic rings. The van der Waals surface area contributed by atoms with E-state index >= 15 is 0 Å². The Morgan fingerprint density at radius 1 is 1.35 bits per heavy atom. The molecule has 112 valence electrons. The van der Waals surface area contributed by atoms with Crippen LogP contribution in [0.15, 0.2) is 36.9 Å². The molecule has 1 aromatic rings. The molecule has 0 spiro atoms. The van der Waals surface area contributed by atoms with Gasteiger partial charge in [-0.05, 0) is 25.0 Å². The Bertz CT molecular complexity index is 382. The first-order chi connectivity index (χ1) is 9.74. The van der Waals surface area contributed by atoms with E-state index in [2.05, 4.69) is 11.9 Å². The normalized spacial score (nSPS) is 12.1. The van der Waals surface area contributed by atoms with Crippen molar-refractivity contribution in [3.8, 4) is 5.75 Å². The fourth-order valence-electron chi connectivity index (χ4n) is 1.65. The van der Waals surface area contributed by atoms with E-state index in [1.54, 1.807) is 0 Å². The highest BCUT2D eigenvalue weighted by molar-refractivity contribution is 5.31. The van der Waals surface area contributed by atoms with Crippen LogP contribution in [0.25, 0.3) is 0 Å². The molecule has 4 nitrogen and oxygen atoms in total. The van der Waals surface area contributed by atoms with Crippen molar-refractivity contribution in [3.05, 3.63) is 42.5 Å². The summed E-state index contributed by atoms with van der Waals surface area (Å²) < 4.78 is 10.9. The van der Waals surface area contributed by atoms with Crippen LogP contribution >= 0.6 is 0 Å². The SMILES string of the molecule is C=CCCOCCNCC(O)COc1ccccc1C. The Morgan fingerprint density at radius 2 is 2.15 bits per heavy atom. The Morgan fingerprint density at radius 3 is 2.90 bits per heavy atom. The van der Waals surface area contributed by atoms with Crippen molar-refractivity contribution in [1.82, 2.24) is 5.32 Å². The summed E-state index contributed by atoms with van der Waals surface area (Å²) in [5.41, 5.74) is 1.07. The molecule has 0 fully saturated rings. The van der Waals surface area contributed by atoms with Gasteiger partial charge in [0.15, 0.2) is 0 Å². The van der Waals surface area contributed by atoms with Crippen LogP contribution in [0.3, 0.4) is 0 Å². The average molecular weight is 279 g/mol. The Balaban J connectivity index is 2.04. The second kappa shape index (κ2) is 10.4. The smallest absolute Gasteiger partial charge is 0.122 e. The molecule has 0 saturated carbocycles. The van der Waals surface area contributed by atoms with Crippen LogP contribution in [0.5, 0.6) is 5.75 Å². The van der Waals surface area contributed by atoms with Gasteiger partial charge >= 0.3 is 0 Å². The third-order valence-corrected chi connectivity index (χ3v) is 2.79. The molecule has 0 heterocycles. The average Bonchev–Trinajstić information content (AvgIpc) is 2.45. The van der Waals surface area contributed by atoms with Gasteiger partial charge in [-0.3, -0.25) is 0 Å². The Hall–Kier alpha value is -1.36. The summed E-state index contributed by atoms with van der Waals surface area (Å²) in [5, 5.41) is 12.9. The first-order valence-corrected chi connectivity index (χ1v) is 7.00. The number of rotatable bonds is 11. The third-order valence-electron chi connectivity index (χ3n) is 2.79. The van der Waals surface area contributed by atoms with Crippen LogP contribution in [-0.2, 0) is 4.74 Å². The number of aliphatic hydroxyl groups excluding tert-OH is 1. The quantitative estimate of drug-likeness (QED) is 0.480. The number of aliphatic hydroxyl groups is 1. The van der Waals surface area contributed by atoms with Gasteiger partial charge in [-0.1, -0.05) is 24.3 Å². The molecule has 0 aliphatic carbocycles. The van der Waals surface area contributed by atoms with Gasteiger partial charge in [-0.25, -0.2) is 0 Å². The number of benzene rings is 1. The maximum atomic E-state index is 9.80. The third kappa shape index (κ3) is 7.28. The van der Waals surface area contributed by atoms with Crippen molar-refractivity contribution < 1.29 is 14.6 Å². The fourth-order valence-corrected chi connectivity index (χ4v) is 1.65. The van der Waals surface area contributed by atoms with Crippen LogP contribution < -0.4 is 10.1 Å². The monoisotopic (exact) mass is 279 g/mol. The minimum Gasteiger partial charge on any atom is -0.491 e. The highest BCUT2D eigenvalue weighted by Crippen LogP contribution is 2.16. The summed E-state index contributed by atoms with van der Waals surface area (Å²) in [7, 11) is 0. The topological polar surface area (TPSA) is 50.7 Å². The van der Waals surface area contributed by atoms with Gasteiger partial charge in [0.1, 0.15) is 18.5 Å². The van der Waals surface area contributed by atoms with Crippen molar-refractivity contribution in [1.29, 1.82) is 0 Å². The zero-order chi connectivity index (χ0) is 14.6. The van der Waals surface area contributed by atoms with Crippen LogP contribution in [0.2, 0.25) is 0 Å². The molecule has 1 aromatic carbocycles. The summed E-state index contributed by atoms with van der Waals surface area (Å²) in [6.07, 6.45) is 2.18. The van der Waals surface area contributed by atoms with Gasteiger partial charge in [0.05, 0.1) is 13.2 Å². The van der Waals surface area contributed by atoms with Gasteiger partial charge in [0.2, 0.25) is 0 Å². The van der Waals surface area contributed by atoms with E-state index in [1.165, 1.54) is 0 Å². The molecule has 1 rings (SSSR count). The van der Waals surface area contributed by atoms with E-state index in [0.717, 1.165) is 24.3 Å². The Labute approximate surface area is 121 Å². The van der Waals surface area contributed by atoms with E-state index in [-0.39, 0.29) is 6.61 Å². The molecule has 4 heteroatoms. The van der Waals surface area contributed by atoms with Crippen molar-refractivity contribution in [3.63, 3.8) is 0 Å². The van der Waals surface area contributed by atoms with Gasteiger partial charge < -0.3 is 19.9 Å². The Kier molecular flexibility index (Phi) is 8.71. The van der Waals surface area contributed by atoms with Crippen LogP contribution in [0.1, 0.15) is 12.0 Å². The number of ether oxygens (including phenoxy) is 2. The molecule has 0 amide bonds. The lowest BCUT2D eigenvalue weighted by Gasteiger charge is -2.14. The fraction of sp³-hybridized carbons (Fsp3) is 0.500.